The van der Waals surface area contributed by atoms with Gasteiger partial charge in [0.05, 0.1) is 6.61 Å². The van der Waals surface area contributed by atoms with Gasteiger partial charge >= 0.3 is 6.09 Å². The van der Waals surface area contributed by atoms with Gasteiger partial charge in [-0.3, -0.25) is 4.99 Å². The number of nitrogens with one attached hydrogen (secondary N) is 3. The summed E-state index contributed by atoms with van der Waals surface area (Å²) in [6.45, 7) is 9.75. The molecule has 8 heteroatoms. The topological polar surface area (TPSA) is 96.9 Å². The Balaban J connectivity index is 2.27. The first-order valence-corrected chi connectivity index (χ1v) is 8.83. The van der Waals surface area contributed by atoms with Gasteiger partial charge in [0, 0.05) is 38.9 Å². The molecule has 0 aliphatic heterocycles. The fourth-order valence-electron chi connectivity index (χ4n) is 1.87. The average molecular weight is 365 g/mol. The maximum atomic E-state index is 11.6. The molecule has 0 unspecified atom stereocenters. The van der Waals surface area contributed by atoms with Gasteiger partial charge in [-0.2, -0.15) is 0 Å². The van der Waals surface area contributed by atoms with Crippen LogP contribution in [0.4, 0.5) is 4.79 Å². The number of hydrogen-bond donors (Lipinski definition) is 3. The smallest absolute Gasteiger partial charge is 0.407 e. The van der Waals surface area contributed by atoms with Crippen LogP contribution in [-0.4, -0.2) is 49.4 Å². The zero-order valence-electron chi connectivity index (χ0n) is 16.4. The zero-order valence-corrected chi connectivity index (χ0v) is 16.4. The van der Waals surface area contributed by atoms with E-state index < -0.39 is 11.7 Å². The van der Waals surface area contributed by atoms with Gasteiger partial charge in [-0.1, -0.05) is 13.0 Å². The summed E-state index contributed by atoms with van der Waals surface area (Å²) in [6.07, 6.45) is 2.30. The van der Waals surface area contributed by atoms with Crippen LogP contribution in [0.25, 0.3) is 0 Å². The standard InChI is InChI=1S/C18H31N5O3/c1-6-11-25-15-8-7-14(12-22-15)13-23-16(19-5)20-9-10-21-17(24)26-18(2,3)4/h7-8,12H,6,9-11,13H2,1-5H3,(H,21,24)(H2,19,20,23). The van der Waals surface area contributed by atoms with Gasteiger partial charge in [0.2, 0.25) is 5.88 Å². The van der Waals surface area contributed by atoms with Crippen LogP contribution in [0, 0.1) is 0 Å². The molecule has 0 radical (unpaired) electrons. The molecule has 0 aliphatic rings. The molecule has 1 rings (SSSR count). The second-order valence-electron chi connectivity index (χ2n) is 6.63. The van der Waals surface area contributed by atoms with E-state index in [0.717, 1.165) is 12.0 Å². The van der Waals surface area contributed by atoms with E-state index in [4.69, 9.17) is 9.47 Å². The molecule has 1 aromatic rings. The highest BCUT2D eigenvalue weighted by atomic mass is 16.6. The molecule has 0 fully saturated rings. The third-order valence-electron chi connectivity index (χ3n) is 3.02. The summed E-state index contributed by atoms with van der Waals surface area (Å²) in [5.74, 6) is 1.27. The molecule has 0 aliphatic carbocycles. The van der Waals surface area contributed by atoms with Crippen LogP contribution >= 0.6 is 0 Å². The van der Waals surface area contributed by atoms with Crippen LogP contribution < -0.4 is 20.7 Å². The van der Waals surface area contributed by atoms with Gasteiger partial charge in [-0.05, 0) is 32.8 Å². The van der Waals surface area contributed by atoms with Gasteiger partial charge < -0.3 is 25.4 Å². The molecule has 1 aromatic heterocycles. The summed E-state index contributed by atoms with van der Waals surface area (Å²) in [5.41, 5.74) is 0.518. The number of carbonyl (C=O) groups excluding carboxylic acids is 1. The predicted molar refractivity (Wildman–Crippen MR) is 102 cm³/mol. The third-order valence-corrected chi connectivity index (χ3v) is 3.02. The summed E-state index contributed by atoms with van der Waals surface area (Å²) in [4.78, 5) is 20.0. The van der Waals surface area contributed by atoms with Crippen LogP contribution in [0.3, 0.4) is 0 Å². The zero-order chi connectivity index (χ0) is 19.4. The first-order valence-electron chi connectivity index (χ1n) is 8.83. The Morgan fingerprint density at radius 1 is 1.19 bits per heavy atom. The Morgan fingerprint density at radius 2 is 1.92 bits per heavy atom. The maximum absolute atomic E-state index is 11.6. The van der Waals surface area contributed by atoms with Crippen molar-refractivity contribution in [2.75, 3.05) is 26.7 Å². The van der Waals surface area contributed by atoms with E-state index in [2.05, 4.69) is 32.9 Å². The lowest BCUT2D eigenvalue weighted by Gasteiger charge is -2.19. The van der Waals surface area contributed by atoms with E-state index >= 15 is 0 Å². The lowest BCUT2D eigenvalue weighted by molar-refractivity contribution is 0.0529. The summed E-state index contributed by atoms with van der Waals surface area (Å²) in [6, 6.07) is 3.82. The number of carbonyl (C=O) groups is 1. The molecular weight excluding hydrogens is 334 g/mol. The van der Waals surface area contributed by atoms with Crippen molar-refractivity contribution >= 4 is 12.1 Å². The van der Waals surface area contributed by atoms with Gasteiger partial charge in [-0.15, -0.1) is 0 Å². The number of rotatable bonds is 8. The van der Waals surface area contributed by atoms with E-state index in [1.165, 1.54) is 0 Å². The number of nitrogens with zero attached hydrogens (tertiary/aromatic N) is 2. The number of guanidine groups is 1. The van der Waals surface area contributed by atoms with E-state index in [1.807, 2.05) is 32.9 Å². The molecule has 0 bridgehead atoms. The van der Waals surface area contributed by atoms with Crippen LogP contribution in [0.2, 0.25) is 0 Å². The number of alkyl carbamates (subject to hydrolysis) is 1. The molecule has 8 nitrogen and oxygen atoms in total. The van der Waals surface area contributed by atoms with Crippen LogP contribution in [0.15, 0.2) is 23.3 Å². The molecule has 0 saturated heterocycles. The van der Waals surface area contributed by atoms with Crippen molar-refractivity contribution in [1.29, 1.82) is 0 Å². The van der Waals surface area contributed by atoms with Crippen molar-refractivity contribution in [3.8, 4) is 5.88 Å². The minimum Gasteiger partial charge on any atom is -0.478 e. The van der Waals surface area contributed by atoms with E-state index in [-0.39, 0.29) is 0 Å². The number of hydrogen-bond acceptors (Lipinski definition) is 5. The highest BCUT2D eigenvalue weighted by molar-refractivity contribution is 5.79. The van der Waals surface area contributed by atoms with Crippen LogP contribution in [0.1, 0.15) is 39.7 Å². The van der Waals surface area contributed by atoms with Crippen LogP contribution in [0.5, 0.6) is 5.88 Å². The van der Waals surface area contributed by atoms with E-state index in [0.29, 0.717) is 38.1 Å². The Bertz CT molecular complexity index is 567. The van der Waals surface area contributed by atoms with Crippen molar-refractivity contribution in [2.45, 2.75) is 46.3 Å². The molecule has 0 atom stereocenters. The minimum atomic E-state index is -0.500. The number of pyridine rings is 1. The highest BCUT2D eigenvalue weighted by Crippen LogP contribution is 2.08. The molecule has 3 N–H and O–H groups in total. The molecule has 0 spiro atoms. The normalized spacial score (nSPS) is 11.7. The molecule has 0 saturated carbocycles. The van der Waals surface area contributed by atoms with Crippen molar-refractivity contribution < 1.29 is 14.3 Å². The van der Waals surface area contributed by atoms with Crippen molar-refractivity contribution in [2.24, 2.45) is 4.99 Å². The quantitative estimate of drug-likeness (QED) is 0.371. The number of aromatic nitrogens is 1. The van der Waals surface area contributed by atoms with Gasteiger partial charge in [0.1, 0.15) is 5.60 Å². The molecular formula is C18H31N5O3. The van der Waals surface area contributed by atoms with Gasteiger partial charge in [0.25, 0.3) is 0 Å². The van der Waals surface area contributed by atoms with Crippen LogP contribution in [-0.2, 0) is 11.3 Å². The van der Waals surface area contributed by atoms with Crippen molar-refractivity contribution in [3.05, 3.63) is 23.9 Å². The summed E-state index contributed by atoms with van der Waals surface area (Å²) in [5, 5.41) is 8.99. The molecule has 26 heavy (non-hydrogen) atoms. The maximum Gasteiger partial charge on any atom is 0.407 e. The monoisotopic (exact) mass is 365 g/mol. The fraction of sp³-hybridized carbons (Fsp3) is 0.611. The summed E-state index contributed by atoms with van der Waals surface area (Å²) >= 11 is 0. The third kappa shape index (κ3) is 9.71. The average Bonchev–Trinajstić information content (AvgIpc) is 2.58. The van der Waals surface area contributed by atoms with E-state index in [9.17, 15) is 4.79 Å². The second kappa shape index (κ2) is 11.2. The fourth-order valence-corrected chi connectivity index (χ4v) is 1.87. The van der Waals surface area contributed by atoms with Gasteiger partial charge in [-0.25, -0.2) is 9.78 Å². The Hall–Kier alpha value is -2.51. The Morgan fingerprint density at radius 3 is 2.50 bits per heavy atom. The second-order valence-corrected chi connectivity index (χ2v) is 6.63. The molecule has 0 aromatic carbocycles. The first kappa shape index (κ1) is 21.5. The van der Waals surface area contributed by atoms with Crippen molar-refractivity contribution in [3.63, 3.8) is 0 Å². The Kier molecular flexibility index (Phi) is 9.25. The Labute approximate surface area is 155 Å². The lowest BCUT2D eigenvalue weighted by atomic mass is 10.2. The van der Waals surface area contributed by atoms with Crippen molar-refractivity contribution in [1.82, 2.24) is 20.9 Å². The largest absolute Gasteiger partial charge is 0.478 e. The minimum absolute atomic E-state index is 0.431. The predicted octanol–water partition coefficient (Wildman–Crippen LogP) is 2.06. The number of amides is 1. The summed E-state index contributed by atoms with van der Waals surface area (Å²) < 4.78 is 10.6. The van der Waals surface area contributed by atoms with E-state index in [1.54, 1.807) is 13.2 Å². The first-order chi connectivity index (χ1) is 12.3. The molecule has 1 amide bonds. The lowest BCUT2D eigenvalue weighted by Crippen LogP contribution is -2.42. The molecule has 1 heterocycles. The highest BCUT2D eigenvalue weighted by Gasteiger charge is 2.15. The van der Waals surface area contributed by atoms with Gasteiger partial charge in [0.15, 0.2) is 5.96 Å². The summed E-state index contributed by atoms with van der Waals surface area (Å²) in [7, 11) is 1.69. The number of ether oxygens (including phenoxy) is 2. The molecule has 146 valence electrons. The number of aliphatic imine (C=N–C) groups is 1. The SMILES string of the molecule is CCCOc1ccc(CNC(=NC)NCCNC(=O)OC(C)(C)C)cn1.